The number of amides is 2. The van der Waals surface area contributed by atoms with Crippen LogP contribution in [0.2, 0.25) is 0 Å². The van der Waals surface area contributed by atoms with Gasteiger partial charge in [-0.3, -0.25) is 14.4 Å². The molecule has 0 aromatic rings. The highest BCUT2D eigenvalue weighted by atomic mass is 16.5. The molecule has 0 unspecified atom stereocenters. The van der Waals surface area contributed by atoms with Gasteiger partial charge in [0.2, 0.25) is 11.8 Å². The number of hydrogen-bond donors (Lipinski definition) is 0. The molecule has 3 heterocycles. The van der Waals surface area contributed by atoms with Crippen molar-refractivity contribution in [1.29, 1.82) is 0 Å². The fraction of sp³-hybridized carbons (Fsp3) is 0.550. The Morgan fingerprint density at radius 3 is 2.00 bits per heavy atom. The second-order valence-electron chi connectivity index (χ2n) is 6.10. The molecule has 0 aliphatic carbocycles. The van der Waals surface area contributed by atoms with Crippen molar-refractivity contribution in [3.8, 4) is 0 Å². The fourth-order valence-corrected chi connectivity index (χ4v) is 2.44. The predicted molar refractivity (Wildman–Crippen MR) is 101 cm³/mol. The van der Waals surface area contributed by atoms with Gasteiger partial charge in [0.1, 0.15) is 5.76 Å². The molecule has 2 amide bonds. The molecule has 26 heavy (non-hydrogen) atoms. The lowest BCUT2D eigenvalue weighted by Crippen LogP contribution is -2.32. The highest BCUT2D eigenvalue weighted by molar-refractivity contribution is 5.88. The molecule has 0 saturated heterocycles. The van der Waals surface area contributed by atoms with Crippen molar-refractivity contribution in [3.05, 3.63) is 36.1 Å². The van der Waals surface area contributed by atoms with E-state index < -0.39 is 0 Å². The molecule has 3 aliphatic heterocycles. The van der Waals surface area contributed by atoms with Gasteiger partial charge >= 0.3 is 5.97 Å². The number of carbonyl (C=O) groups excluding carboxylic acids is 3. The number of esters is 1. The maximum Gasteiger partial charge on any atom is 0.311 e. The Hall–Kier alpha value is -2.37. The molecule has 0 radical (unpaired) electrons. The van der Waals surface area contributed by atoms with Crippen LogP contribution in [0.5, 0.6) is 0 Å². The molecule has 0 aromatic carbocycles. The molecular formula is C20H30N2O4. The second kappa shape index (κ2) is 12.1. The topological polar surface area (TPSA) is 66.9 Å². The standard InChI is InChI=1S/C7H11NO.C7H10O2.C6H9NO/c1-2-8-6-4-3-5-7(8)9;1-2-6-4-3-5-7(8)9-6;1-7-5-3-2-4-6(7)8/h3,5H,2,4,6H2,1H3;4H,2-3,5H2,1H3;2,4H,3,5H2,1H3. The van der Waals surface area contributed by atoms with Crippen molar-refractivity contribution in [2.75, 3.05) is 26.7 Å². The summed E-state index contributed by atoms with van der Waals surface area (Å²) in [4.78, 5) is 35.6. The average molecular weight is 362 g/mol. The number of cyclic esters (lactones) is 1. The molecule has 6 nitrogen and oxygen atoms in total. The van der Waals surface area contributed by atoms with E-state index in [1.807, 2.05) is 44.0 Å². The fourth-order valence-electron chi connectivity index (χ4n) is 2.44. The Balaban J connectivity index is 0.000000195. The third-order valence-electron chi connectivity index (χ3n) is 4.10. The number of rotatable bonds is 2. The number of likely N-dealkylation sites (N-methyl/N-ethyl adjacent to an activating group) is 2. The van der Waals surface area contributed by atoms with E-state index in [0.29, 0.717) is 6.42 Å². The van der Waals surface area contributed by atoms with Crippen molar-refractivity contribution in [1.82, 2.24) is 9.80 Å². The van der Waals surface area contributed by atoms with Crippen molar-refractivity contribution in [2.24, 2.45) is 0 Å². The summed E-state index contributed by atoms with van der Waals surface area (Å²) in [6, 6.07) is 0. The quantitative estimate of drug-likeness (QED) is 0.709. The Kier molecular flexibility index (Phi) is 10.1. The van der Waals surface area contributed by atoms with Crippen LogP contribution in [0.15, 0.2) is 36.1 Å². The van der Waals surface area contributed by atoms with Gasteiger partial charge in [-0.1, -0.05) is 19.1 Å². The molecule has 0 aromatic heterocycles. The van der Waals surface area contributed by atoms with Gasteiger partial charge in [-0.2, -0.15) is 0 Å². The number of nitrogens with zero attached hydrogens (tertiary/aromatic N) is 2. The largest absolute Gasteiger partial charge is 0.431 e. The van der Waals surface area contributed by atoms with Crippen molar-refractivity contribution >= 4 is 17.8 Å². The highest BCUT2D eigenvalue weighted by Gasteiger charge is 2.10. The third-order valence-corrected chi connectivity index (χ3v) is 4.10. The summed E-state index contributed by atoms with van der Waals surface area (Å²) >= 11 is 0. The Morgan fingerprint density at radius 2 is 1.62 bits per heavy atom. The minimum atomic E-state index is -0.0886. The summed E-state index contributed by atoms with van der Waals surface area (Å²) in [5, 5.41) is 0. The van der Waals surface area contributed by atoms with E-state index in [-0.39, 0.29) is 17.8 Å². The summed E-state index contributed by atoms with van der Waals surface area (Å²) in [6.45, 7) is 6.58. The first-order chi connectivity index (χ1) is 12.5. The normalized spacial score (nSPS) is 19.0. The molecule has 0 atom stereocenters. The van der Waals surface area contributed by atoms with Gasteiger partial charge in [0.15, 0.2) is 0 Å². The molecular weight excluding hydrogens is 332 g/mol. The molecule has 0 spiro atoms. The predicted octanol–water partition coefficient (Wildman–Crippen LogP) is 2.82. The van der Waals surface area contributed by atoms with Crippen LogP contribution in [-0.2, 0) is 19.1 Å². The number of allylic oxidation sites excluding steroid dienone is 2. The second-order valence-corrected chi connectivity index (χ2v) is 6.10. The SMILES string of the molecule is CCC1=CCCC(=O)O1.CCN1CCC=CC1=O.CN1CCC=CC1=O. The first-order valence-corrected chi connectivity index (χ1v) is 9.24. The number of hydrogen-bond acceptors (Lipinski definition) is 4. The molecule has 0 bridgehead atoms. The molecule has 3 aliphatic rings. The summed E-state index contributed by atoms with van der Waals surface area (Å²) in [5.74, 6) is 1.01. The zero-order valence-corrected chi connectivity index (χ0v) is 16.1. The molecule has 144 valence electrons. The first kappa shape index (κ1) is 21.7. The maximum atomic E-state index is 10.9. The maximum absolute atomic E-state index is 10.9. The van der Waals surface area contributed by atoms with Crippen molar-refractivity contribution in [2.45, 2.75) is 46.0 Å². The minimum Gasteiger partial charge on any atom is -0.431 e. The van der Waals surface area contributed by atoms with Gasteiger partial charge in [-0.25, -0.2) is 0 Å². The highest BCUT2D eigenvalue weighted by Crippen LogP contribution is 2.13. The lowest BCUT2D eigenvalue weighted by molar-refractivity contribution is -0.140. The van der Waals surface area contributed by atoms with Crippen LogP contribution in [-0.4, -0.2) is 54.3 Å². The Labute approximate surface area is 156 Å². The lowest BCUT2D eigenvalue weighted by Gasteiger charge is -2.20. The summed E-state index contributed by atoms with van der Waals surface area (Å²) in [6.07, 6.45) is 13.3. The monoisotopic (exact) mass is 362 g/mol. The van der Waals surface area contributed by atoms with Crippen LogP contribution in [0.25, 0.3) is 0 Å². The van der Waals surface area contributed by atoms with Crippen LogP contribution >= 0.6 is 0 Å². The zero-order chi connectivity index (χ0) is 19.4. The van der Waals surface area contributed by atoms with Crippen molar-refractivity contribution < 1.29 is 19.1 Å². The van der Waals surface area contributed by atoms with E-state index in [4.69, 9.17) is 4.74 Å². The average Bonchev–Trinajstić information content (AvgIpc) is 2.65. The van der Waals surface area contributed by atoms with E-state index in [0.717, 1.165) is 51.1 Å². The van der Waals surface area contributed by atoms with Crippen LogP contribution in [0.4, 0.5) is 0 Å². The number of carbonyl (C=O) groups is 3. The van der Waals surface area contributed by atoms with Gasteiger partial charge in [-0.15, -0.1) is 0 Å². The summed E-state index contributed by atoms with van der Waals surface area (Å²) in [7, 11) is 1.81. The van der Waals surface area contributed by atoms with E-state index >= 15 is 0 Å². The Morgan fingerprint density at radius 1 is 0.962 bits per heavy atom. The molecule has 0 saturated carbocycles. The van der Waals surface area contributed by atoms with Crippen LogP contribution in [0.1, 0.15) is 46.0 Å². The van der Waals surface area contributed by atoms with Crippen LogP contribution in [0.3, 0.4) is 0 Å². The van der Waals surface area contributed by atoms with Crippen molar-refractivity contribution in [3.63, 3.8) is 0 Å². The van der Waals surface area contributed by atoms with Gasteiger partial charge in [0, 0.05) is 39.5 Å². The van der Waals surface area contributed by atoms with Crippen LogP contribution in [0, 0.1) is 0 Å². The number of ether oxygens (including phenoxy) is 1. The summed E-state index contributed by atoms with van der Waals surface area (Å²) < 4.78 is 4.86. The third kappa shape index (κ3) is 8.14. The van der Waals surface area contributed by atoms with Gasteiger partial charge < -0.3 is 14.5 Å². The molecule has 0 fully saturated rings. The van der Waals surface area contributed by atoms with E-state index in [2.05, 4.69) is 0 Å². The molecule has 0 N–H and O–H groups in total. The van der Waals surface area contributed by atoms with E-state index in [1.165, 1.54) is 0 Å². The molecule has 3 rings (SSSR count). The smallest absolute Gasteiger partial charge is 0.311 e. The molecule has 6 heteroatoms. The van der Waals surface area contributed by atoms with Crippen LogP contribution < -0.4 is 0 Å². The minimum absolute atomic E-state index is 0.0886. The zero-order valence-electron chi connectivity index (χ0n) is 16.1. The Bertz CT molecular complexity index is 578. The lowest BCUT2D eigenvalue weighted by atomic mass is 10.2. The summed E-state index contributed by atoms with van der Waals surface area (Å²) in [5.41, 5.74) is 0. The van der Waals surface area contributed by atoms with E-state index in [9.17, 15) is 14.4 Å². The van der Waals surface area contributed by atoms with Gasteiger partial charge in [0.05, 0.1) is 0 Å². The first-order valence-electron chi connectivity index (χ1n) is 9.24. The van der Waals surface area contributed by atoms with Gasteiger partial charge in [0.25, 0.3) is 0 Å². The van der Waals surface area contributed by atoms with E-state index in [1.54, 1.807) is 17.1 Å². The van der Waals surface area contributed by atoms with Gasteiger partial charge in [-0.05, 0) is 44.4 Å².